The first kappa shape index (κ1) is 9.15. The number of thiophene rings is 1. The van der Waals surface area contributed by atoms with Crippen LogP contribution in [0.5, 0.6) is 0 Å². The Kier molecular flexibility index (Phi) is 2.21. The summed E-state index contributed by atoms with van der Waals surface area (Å²) in [5.74, 6) is -0.0397. The molecule has 2 rings (SSSR count). The normalized spacial score (nSPS) is 10.4. The summed E-state index contributed by atoms with van der Waals surface area (Å²) in [6.45, 7) is 3.52. The van der Waals surface area contributed by atoms with Crippen LogP contribution in [-0.2, 0) is 4.79 Å². The molecule has 0 aromatic carbocycles. The molecular weight excluding hydrogens is 196 g/mol. The first-order chi connectivity index (χ1) is 6.66. The van der Waals surface area contributed by atoms with E-state index in [2.05, 4.69) is 10.3 Å². The van der Waals surface area contributed by atoms with Crippen molar-refractivity contribution >= 4 is 32.3 Å². The van der Waals surface area contributed by atoms with Gasteiger partial charge in [-0.15, -0.1) is 11.3 Å². The van der Waals surface area contributed by atoms with E-state index in [-0.39, 0.29) is 5.91 Å². The molecule has 0 atom stereocenters. The van der Waals surface area contributed by atoms with Crippen LogP contribution in [0, 0.1) is 6.92 Å². The summed E-state index contributed by atoms with van der Waals surface area (Å²) in [6, 6.07) is 1.98. The molecule has 2 aromatic rings. The number of aryl methyl sites for hydroxylation is 1. The van der Waals surface area contributed by atoms with Gasteiger partial charge in [-0.1, -0.05) is 0 Å². The molecule has 0 aliphatic rings. The minimum absolute atomic E-state index is 0.0397. The van der Waals surface area contributed by atoms with Crippen LogP contribution in [0.15, 0.2) is 18.5 Å². The molecule has 0 bridgehead atoms. The zero-order valence-electron chi connectivity index (χ0n) is 8.00. The summed E-state index contributed by atoms with van der Waals surface area (Å²) in [5, 5.41) is 4.81. The van der Waals surface area contributed by atoms with Gasteiger partial charge in [0.15, 0.2) is 0 Å². The van der Waals surface area contributed by atoms with Crippen LogP contribution < -0.4 is 5.32 Å². The number of pyridine rings is 1. The molecule has 72 valence electrons. The number of aromatic nitrogens is 1. The first-order valence-corrected chi connectivity index (χ1v) is 5.10. The van der Waals surface area contributed by atoms with Crippen LogP contribution in [-0.4, -0.2) is 10.9 Å². The van der Waals surface area contributed by atoms with Gasteiger partial charge in [0.05, 0.1) is 9.70 Å². The van der Waals surface area contributed by atoms with E-state index in [1.807, 2.05) is 25.4 Å². The zero-order chi connectivity index (χ0) is 10.1. The fraction of sp³-hybridized carbons (Fsp3) is 0.200. The number of hydrogen-bond acceptors (Lipinski definition) is 3. The van der Waals surface area contributed by atoms with E-state index >= 15 is 0 Å². The summed E-state index contributed by atoms with van der Waals surface area (Å²) >= 11 is 1.55. The first-order valence-electron chi connectivity index (χ1n) is 4.28. The summed E-state index contributed by atoms with van der Waals surface area (Å²) in [7, 11) is 0. The number of carbonyl (C=O) groups excluding carboxylic acids is 1. The monoisotopic (exact) mass is 206 g/mol. The molecule has 0 spiro atoms. The Hall–Kier alpha value is -1.42. The lowest BCUT2D eigenvalue weighted by Crippen LogP contribution is -2.03. The molecule has 4 heteroatoms. The van der Waals surface area contributed by atoms with Crippen molar-refractivity contribution in [3.63, 3.8) is 0 Å². The maximum absolute atomic E-state index is 10.9. The van der Waals surface area contributed by atoms with Gasteiger partial charge in [0.25, 0.3) is 0 Å². The van der Waals surface area contributed by atoms with Crippen LogP contribution in [0.4, 0.5) is 5.00 Å². The van der Waals surface area contributed by atoms with Crippen molar-refractivity contribution in [1.82, 2.24) is 4.98 Å². The topological polar surface area (TPSA) is 42.0 Å². The Balaban J connectivity index is 2.51. The van der Waals surface area contributed by atoms with E-state index in [9.17, 15) is 4.79 Å². The number of amides is 1. The number of nitrogens with zero attached hydrogens (tertiary/aromatic N) is 1. The van der Waals surface area contributed by atoms with Crippen molar-refractivity contribution in [1.29, 1.82) is 0 Å². The summed E-state index contributed by atoms with van der Waals surface area (Å²) in [4.78, 5) is 15.0. The predicted molar refractivity (Wildman–Crippen MR) is 58.7 cm³/mol. The van der Waals surface area contributed by atoms with Crippen LogP contribution in [0.1, 0.15) is 12.5 Å². The molecule has 0 unspecified atom stereocenters. The molecule has 2 heterocycles. The predicted octanol–water partition coefficient (Wildman–Crippen LogP) is 2.56. The molecule has 1 amide bonds. The molecule has 0 saturated carbocycles. The molecule has 0 aliphatic carbocycles. The Labute approximate surface area is 85.8 Å². The van der Waals surface area contributed by atoms with Crippen molar-refractivity contribution in [2.75, 3.05) is 5.32 Å². The smallest absolute Gasteiger partial charge is 0.221 e. The highest BCUT2D eigenvalue weighted by atomic mass is 32.1. The summed E-state index contributed by atoms with van der Waals surface area (Å²) < 4.78 is 1.11. The Morgan fingerprint density at radius 2 is 2.29 bits per heavy atom. The molecule has 0 saturated heterocycles. The third-order valence-electron chi connectivity index (χ3n) is 1.94. The Bertz CT molecular complexity index is 490. The minimum atomic E-state index is -0.0397. The van der Waals surface area contributed by atoms with Crippen LogP contribution in [0.25, 0.3) is 10.1 Å². The highest BCUT2D eigenvalue weighted by molar-refractivity contribution is 7.22. The maximum atomic E-state index is 10.9. The Morgan fingerprint density at radius 3 is 2.93 bits per heavy atom. The molecule has 0 radical (unpaired) electrons. The van der Waals surface area contributed by atoms with Crippen LogP contribution >= 0.6 is 11.3 Å². The molecule has 0 aliphatic heterocycles. The van der Waals surface area contributed by atoms with Crippen LogP contribution in [0.3, 0.4) is 0 Å². The van der Waals surface area contributed by atoms with Gasteiger partial charge in [-0.05, 0) is 18.6 Å². The minimum Gasteiger partial charge on any atom is -0.318 e. The van der Waals surface area contributed by atoms with Crippen LogP contribution in [0.2, 0.25) is 0 Å². The van der Waals surface area contributed by atoms with E-state index in [0.717, 1.165) is 20.7 Å². The standard InChI is InChI=1S/C10H10N2OS/c1-6-4-11-5-9-8(6)3-10(14-9)12-7(2)13/h3-5H,1-2H3,(H,12,13). The molecular formula is C10H10N2OS. The number of nitrogens with one attached hydrogen (secondary N) is 1. The quantitative estimate of drug-likeness (QED) is 0.779. The second-order valence-corrected chi connectivity index (χ2v) is 4.24. The van der Waals surface area contributed by atoms with Gasteiger partial charge < -0.3 is 5.32 Å². The fourth-order valence-corrected chi connectivity index (χ4v) is 2.38. The van der Waals surface area contributed by atoms with E-state index in [1.54, 1.807) is 11.3 Å². The average Bonchev–Trinajstić information content (AvgIpc) is 2.47. The van der Waals surface area contributed by atoms with Gasteiger partial charge in [-0.2, -0.15) is 0 Å². The van der Waals surface area contributed by atoms with Gasteiger partial charge in [0.2, 0.25) is 5.91 Å². The number of hydrogen-bond donors (Lipinski definition) is 1. The van der Waals surface area contributed by atoms with Crippen molar-refractivity contribution in [3.05, 3.63) is 24.0 Å². The van der Waals surface area contributed by atoms with Crippen molar-refractivity contribution in [2.24, 2.45) is 0 Å². The van der Waals surface area contributed by atoms with Gasteiger partial charge in [0, 0.05) is 24.7 Å². The van der Waals surface area contributed by atoms with Gasteiger partial charge in [0.1, 0.15) is 0 Å². The molecule has 1 N–H and O–H groups in total. The van der Waals surface area contributed by atoms with E-state index in [1.165, 1.54) is 6.92 Å². The summed E-state index contributed by atoms with van der Waals surface area (Å²) in [6.07, 6.45) is 3.64. The largest absolute Gasteiger partial charge is 0.318 e. The van der Waals surface area contributed by atoms with E-state index < -0.39 is 0 Å². The number of carbonyl (C=O) groups is 1. The number of rotatable bonds is 1. The molecule has 14 heavy (non-hydrogen) atoms. The van der Waals surface area contributed by atoms with Crippen molar-refractivity contribution in [2.45, 2.75) is 13.8 Å². The number of fused-ring (bicyclic) bond motifs is 1. The van der Waals surface area contributed by atoms with E-state index in [4.69, 9.17) is 0 Å². The van der Waals surface area contributed by atoms with Gasteiger partial charge >= 0.3 is 0 Å². The third-order valence-corrected chi connectivity index (χ3v) is 2.93. The van der Waals surface area contributed by atoms with Gasteiger partial charge in [-0.25, -0.2) is 0 Å². The second-order valence-electron chi connectivity index (χ2n) is 3.16. The van der Waals surface area contributed by atoms with Crippen molar-refractivity contribution in [3.8, 4) is 0 Å². The Morgan fingerprint density at radius 1 is 1.50 bits per heavy atom. The van der Waals surface area contributed by atoms with E-state index in [0.29, 0.717) is 0 Å². The third kappa shape index (κ3) is 1.61. The molecule has 0 fully saturated rings. The molecule has 3 nitrogen and oxygen atoms in total. The lowest BCUT2D eigenvalue weighted by Gasteiger charge is -1.93. The highest BCUT2D eigenvalue weighted by Gasteiger charge is 2.04. The SMILES string of the molecule is CC(=O)Nc1cc2c(C)cncc2s1. The molecule has 2 aromatic heterocycles. The van der Waals surface area contributed by atoms with Crippen molar-refractivity contribution < 1.29 is 4.79 Å². The highest BCUT2D eigenvalue weighted by Crippen LogP contribution is 2.30. The maximum Gasteiger partial charge on any atom is 0.221 e. The summed E-state index contributed by atoms with van der Waals surface area (Å²) in [5.41, 5.74) is 1.13. The average molecular weight is 206 g/mol. The second kappa shape index (κ2) is 3.38. The number of anilines is 1. The lowest BCUT2D eigenvalue weighted by atomic mass is 10.2. The lowest BCUT2D eigenvalue weighted by molar-refractivity contribution is -0.114. The van der Waals surface area contributed by atoms with Gasteiger partial charge in [-0.3, -0.25) is 9.78 Å². The fourth-order valence-electron chi connectivity index (χ4n) is 1.33. The zero-order valence-corrected chi connectivity index (χ0v) is 8.81.